The Kier molecular flexibility index (Phi) is 3.11. The second-order valence-electron chi connectivity index (χ2n) is 2.88. The third-order valence-electron chi connectivity index (χ3n) is 1.91. The Morgan fingerprint density at radius 2 is 2.44 bits per heavy atom. The SMILES string of the molecule is CCOC(=O)c1nc2c(Cl)nccn2c1Br. The van der Waals surface area contributed by atoms with E-state index in [0.717, 1.165) is 0 Å². The molecule has 2 aromatic heterocycles. The summed E-state index contributed by atoms with van der Waals surface area (Å²) >= 11 is 9.13. The van der Waals surface area contributed by atoms with Gasteiger partial charge in [-0.3, -0.25) is 4.40 Å². The molecule has 16 heavy (non-hydrogen) atoms. The minimum atomic E-state index is -0.492. The summed E-state index contributed by atoms with van der Waals surface area (Å²) in [6.45, 7) is 2.03. The number of hydrogen-bond donors (Lipinski definition) is 0. The van der Waals surface area contributed by atoms with E-state index in [1.165, 1.54) is 6.20 Å². The van der Waals surface area contributed by atoms with Crippen molar-refractivity contribution in [2.24, 2.45) is 0 Å². The van der Waals surface area contributed by atoms with Crippen molar-refractivity contribution >= 4 is 39.1 Å². The summed E-state index contributed by atoms with van der Waals surface area (Å²) in [4.78, 5) is 19.5. The molecule has 5 nitrogen and oxygen atoms in total. The highest BCUT2D eigenvalue weighted by molar-refractivity contribution is 9.10. The number of aromatic nitrogens is 3. The van der Waals surface area contributed by atoms with Crippen LogP contribution in [0.2, 0.25) is 5.15 Å². The second-order valence-corrected chi connectivity index (χ2v) is 3.99. The van der Waals surface area contributed by atoms with E-state index in [4.69, 9.17) is 16.3 Å². The van der Waals surface area contributed by atoms with E-state index in [9.17, 15) is 4.79 Å². The number of imidazole rings is 1. The van der Waals surface area contributed by atoms with E-state index in [2.05, 4.69) is 25.9 Å². The zero-order valence-electron chi connectivity index (χ0n) is 8.28. The van der Waals surface area contributed by atoms with Gasteiger partial charge in [0, 0.05) is 12.4 Å². The van der Waals surface area contributed by atoms with Crippen molar-refractivity contribution in [3.8, 4) is 0 Å². The number of carbonyl (C=O) groups is 1. The molecule has 0 saturated carbocycles. The van der Waals surface area contributed by atoms with Gasteiger partial charge in [0.25, 0.3) is 0 Å². The largest absolute Gasteiger partial charge is 0.461 e. The van der Waals surface area contributed by atoms with Crippen LogP contribution < -0.4 is 0 Å². The second kappa shape index (κ2) is 4.39. The number of hydrogen-bond acceptors (Lipinski definition) is 4. The van der Waals surface area contributed by atoms with E-state index in [1.54, 1.807) is 17.5 Å². The van der Waals surface area contributed by atoms with Gasteiger partial charge in [0.1, 0.15) is 4.60 Å². The first kappa shape index (κ1) is 11.3. The van der Waals surface area contributed by atoms with Crippen LogP contribution in [-0.2, 0) is 4.74 Å². The van der Waals surface area contributed by atoms with Gasteiger partial charge in [0.2, 0.25) is 0 Å². The fraction of sp³-hybridized carbons (Fsp3) is 0.222. The van der Waals surface area contributed by atoms with Crippen LogP contribution in [0.1, 0.15) is 17.4 Å². The van der Waals surface area contributed by atoms with Crippen LogP contribution in [0.3, 0.4) is 0 Å². The molecule has 7 heteroatoms. The van der Waals surface area contributed by atoms with E-state index < -0.39 is 5.97 Å². The topological polar surface area (TPSA) is 56.5 Å². The van der Waals surface area contributed by atoms with Crippen molar-refractivity contribution in [1.29, 1.82) is 0 Å². The van der Waals surface area contributed by atoms with Gasteiger partial charge in [-0.15, -0.1) is 0 Å². The molecule has 0 bridgehead atoms. The average Bonchev–Trinajstić information content (AvgIpc) is 2.59. The molecule has 2 rings (SSSR count). The molecule has 0 fully saturated rings. The molecule has 0 aliphatic carbocycles. The summed E-state index contributed by atoms with van der Waals surface area (Å²) in [5, 5.41) is 0.235. The van der Waals surface area contributed by atoms with Crippen LogP contribution >= 0.6 is 27.5 Å². The smallest absolute Gasteiger partial charge is 0.359 e. The van der Waals surface area contributed by atoms with Crippen molar-refractivity contribution in [2.75, 3.05) is 6.61 Å². The number of ether oxygens (including phenoxy) is 1. The molecule has 0 saturated heterocycles. The Hall–Kier alpha value is -1.14. The van der Waals surface area contributed by atoms with Crippen LogP contribution in [0, 0.1) is 0 Å². The quantitative estimate of drug-likeness (QED) is 0.799. The van der Waals surface area contributed by atoms with Crippen LogP contribution in [0.5, 0.6) is 0 Å². The van der Waals surface area contributed by atoms with Crippen molar-refractivity contribution in [3.05, 3.63) is 27.8 Å². The van der Waals surface area contributed by atoms with E-state index in [-0.39, 0.29) is 10.8 Å². The Morgan fingerprint density at radius 1 is 1.69 bits per heavy atom. The van der Waals surface area contributed by atoms with Crippen molar-refractivity contribution in [1.82, 2.24) is 14.4 Å². The molecule has 0 N–H and O–H groups in total. The minimum absolute atomic E-state index is 0.191. The standard InChI is InChI=1S/C9H7BrClN3O2/c1-2-16-9(15)5-6(10)14-4-3-12-7(11)8(14)13-5/h3-4H,2H2,1H3. The van der Waals surface area contributed by atoms with E-state index >= 15 is 0 Å². The number of nitrogens with zero attached hydrogens (tertiary/aromatic N) is 3. The fourth-order valence-electron chi connectivity index (χ4n) is 1.25. The molecule has 0 atom stereocenters. The van der Waals surface area contributed by atoms with Gasteiger partial charge in [-0.1, -0.05) is 11.6 Å². The highest BCUT2D eigenvalue weighted by atomic mass is 79.9. The van der Waals surface area contributed by atoms with Crippen LogP contribution in [0.25, 0.3) is 5.65 Å². The third-order valence-corrected chi connectivity index (χ3v) is 2.93. The Bertz CT molecular complexity index is 555. The molecule has 84 valence electrons. The minimum Gasteiger partial charge on any atom is -0.461 e. The zero-order valence-corrected chi connectivity index (χ0v) is 10.6. The highest BCUT2D eigenvalue weighted by Gasteiger charge is 2.19. The van der Waals surface area contributed by atoms with Crippen molar-refractivity contribution in [3.63, 3.8) is 0 Å². The van der Waals surface area contributed by atoms with Gasteiger partial charge in [0.15, 0.2) is 16.5 Å². The summed E-state index contributed by atoms with van der Waals surface area (Å²) < 4.78 is 7.00. The van der Waals surface area contributed by atoms with Gasteiger partial charge in [-0.05, 0) is 22.9 Å². The summed E-state index contributed by atoms with van der Waals surface area (Å²) in [6.07, 6.45) is 3.18. The first-order valence-corrected chi connectivity index (χ1v) is 5.67. The lowest BCUT2D eigenvalue weighted by atomic mass is 10.5. The molecule has 2 heterocycles. The first-order valence-electron chi connectivity index (χ1n) is 4.50. The maximum atomic E-state index is 11.6. The first-order chi connectivity index (χ1) is 7.65. The molecule has 0 aliphatic rings. The van der Waals surface area contributed by atoms with Gasteiger partial charge in [-0.25, -0.2) is 14.8 Å². The molecule has 0 aromatic carbocycles. The molecule has 0 unspecified atom stereocenters. The van der Waals surface area contributed by atoms with Crippen LogP contribution in [0.4, 0.5) is 0 Å². The number of carbonyl (C=O) groups excluding carboxylic acids is 1. The predicted molar refractivity (Wildman–Crippen MR) is 61.7 cm³/mol. The highest BCUT2D eigenvalue weighted by Crippen LogP contribution is 2.22. The lowest BCUT2D eigenvalue weighted by Crippen LogP contribution is -2.05. The van der Waals surface area contributed by atoms with Crippen LogP contribution in [0.15, 0.2) is 17.0 Å². The number of esters is 1. The van der Waals surface area contributed by atoms with Gasteiger partial charge in [0.05, 0.1) is 6.61 Å². The third kappa shape index (κ3) is 1.78. The predicted octanol–water partition coefficient (Wildman–Crippen LogP) is 2.32. The Morgan fingerprint density at radius 3 is 3.06 bits per heavy atom. The fourth-order valence-corrected chi connectivity index (χ4v) is 1.97. The molecule has 2 aromatic rings. The molecule has 0 aliphatic heterocycles. The average molecular weight is 305 g/mol. The monoisotopic (exact) mass is 303 g/mol. The van der Waals surface area contributed by atoms with Crippen LogP contribution in [-0.4, -0.2) is 26.9 Å². The Labute approximate surface area is 105 Å². The molecule has 0 amide bonds. The summed E-state index contributed by atoms with van der Waals surface area (Å²) in [5.74, 6) is -0.492. The number of halogens is 2. The zero-order chi connectivity index (χ0) is 11.7. The summed E-state index contributed by atoms with van der Waals surface area (Å²) in [7, 11) is 0. The number of rotatable bonds is 2. The maximum Gasteiger partial charge on any atom is 0.359 e. The van der Waals surface area contributed by atoms with Gasteiger partial charge < -0.3 is 4.74 Å². The maximum absolute atomic E-state index is 11.6. The lowest BCUT2D eigenvalue weighted by Gasteiger charge is -1.97. The van der Waals surface area contributed by atoms with E-state index in [0.29, 0.717) is 16.9 Å². The molecule has 0 spiro atoms. The Balaban J connectivity index is 2.60. The van der Waals surface area contributed by atoms with Crippen molar-refractivity contribution < 1.29 is 9.53 Å². The van der Waals surface area contributed by atoms with E-state index in [1.807, 2.05) is 0 Å². The normalized spacial score (nSPS) is 10.7. The lowest BCUT2D eigenvalue weighted by molar-refractivity contribution is 0.0519. The molecular weight excluding hydrogens is 297 g/mol. The number of fused-ring (bicyclic) bond motifs is 1. The van der Waals surface area contributed by atoms with Gasteiger partial charge in [-0.2, -0.15) is 0 Å². The molecular formula is C9H7BrClN3O2. The molecule has 0 radical (unpaired) electrons. The van der Waals surface area contributed by atoms with Crippen molar-refractivity contribution in [2.45, 2.75) is 6.92 Å². The summed E-state index contributed by atoms with van der Waals surface area (Å²) in [5.41, 5.74) is 0.607. The van der Waals surface area contributed by atoms with Gasteiger partial charge >= 0.3 is 5.97 Å². The summed E-state index contributed by atoms with van der Waals surface area (Å²) in [6, 6.07) is 0.